The highest BCUT2D eigenvalue weighted by Crippen LogP contribution is 2.46. The molecular weight excluding hydrogens is 1310 g/mol. The zero-order valence-corrected chi connectivity index (χ0v) is 66.8. The molecular formula is C103H107N5. The van der Waals surface area contributed by atoms with Crippen LogP contribution in [0.2, 0.25) is 0 Å². The normalized spacial score (nSPS) is 13.2. The Labute approximate surface area is 650 Å². The van der Waals surface area contributed by atoms with Gasteiger partial charge in [0.1, 0.15) is 0 Å². The smallest absolute Gasteiger partial charge is 0.0648 e. The van der Waals surface area contributed by atoms with Gasteiger partial charge in [-0.15, -0.1) is 0 Å². The summed E-state index contributed by atoms with van der Waals surface area (Å²) in [4.78, 5) is 0. The first-order valence-corrected chi connectivity index (χ1v) is 38.1. The molecule has 0 aliphatic carbocycles. The van der Waals surface area contributed by atoms with Gasteiger partial charge in [0.15, 0.2) is 0 Å². The number of fused-ring (bicyclic) bond motifs is 15. The van der Waals surface area contributed by atoms with Gasteiger partial charge in [-0.3, -0.25) is 0 Å². The van der Waals surface area contributed by atoms with Crippen molar-refractivity contribution in [2.24, 2.45) is 0 Å². The van der Waals surface area contributed by atoms with E-state index in [1.54, 1.807) is 11.5 Å². The van der Waals surface area contributed by atoms with E-state index in [0.717, 1.165) is 0 Å². The van der Waals surface area contributed by atoms with E-state index < -0.39 is 5.54 Å². The minimum absolute atomic E-state index is 0.0201. The summed E-state index contributed by atoms with van der Waals surface area (Å²) in [7, 11) is 0. The lowest BCUT2D eigenvalue weighted by atomic mass is 10.0. The summed E-state index contributed by atoms with van der Waals surface area (Å²) in [5, 5.41) is 11.2. The van der Waals surface area contributed by atoms with Crippen LogP contribution in [0.15, 0.2) is 285 Å². The van der Waals surface area contributed by atoms with Crippen LogP contribution in [0.3, 0.4) is 0 Å². The van der Waals surface area contributed by atoms with Crippen LogP contribution in [0.1, 0.15) is 141 Å². The Kier molecular flexibility index (Phi) is 17.2. The number of aromatic nitrogens is 5. The van der Waals surface area contributed by atoms with Crippen molar-refractivity contribution in [2.75, 3.05) is 0 Å². The van der Waals surface area contributed by atoms with Crippen molar-refractivity contribution in [3.8, 4) is 33.4 Å². The first-order valence-electron chi connectivity index (χ1n) is 41.6. The third kappa shape index (κ3) is 13.6. The van der Waals surface area contributed by atoms with E-state index in [1.165, 1.54) is 143 Å². The molecule has 5 heterocycles. The summed E-state index contributed by atoms with van der Waals surface area (Å²) in [6.45, 7) is 43.5. The maximum atomic E-state index is 8.49. The van der Waals surface area contributed by atoms with Crippen LogP contribution in [-0.4, -0.2) is 22.8 Å². The van der Waals surface area contributed by atoms with Crippen LogP contribution in [0.5, 0.6) is 0 Å². The average Bonchev–Trinajstić information content (AvgIpc) is 1.55. The molecule has 13 aromatic carbocycles. The lowest BCUT2D eigenvalue weighted by Gasteiger charge is -2.26. The summed E-state index contributed by atoms with van der Waals surface area (Å²) >= 11 is 0. The number of hydrogen-bond acceptors (Lipinski definition) is 0. The Bertz CT molecular complexity index is 6360. The molecule has 0 aliphatic heterocycles. The van der Waals surface area contributed by atoms with Crippen molar-refractivity contribution >= 4 is 109 Å². The number of benzene rings is 13. The van der Waals surface area contributed by atoms with E-state index in [9.17, 15) is 0 Å². The first-order chi connectivity index (χ1) is 54.4. The maximum Gasteiger partial charge on any atom is 0.0648 e. The van der Waals surface area contributed by atoms with E-state index in [4.69, 9.17) is 9.60 Å². The molecule has 18 aromatic rings. The highest BCUT2D eigenvalue weighted by molar-refractivity contribution is 6.17. The molecule has 18 rings (SSSR count). The fourth-order valence-corrected chi connectivity index (χ4v) is 16.6. The van der Waals surface area contributed by atoms with Crippen molar-refractivity contribution < 1.29 is 9.60 Å². The van der Waals surface area contributed by atoms with Crippen molar-refractivity contribution in [3.05, 3.63) is 313 Å². The molecule has 0 unspecified atom stereocenters. The summed E-state index contributed by atoms with van der Waals surface area (Å²) in [5.41, 5.74) is 24.4. The van der Waals surface area contributed by atoms with Gasteiger partial charge in [0, 0.05) is 115 Å². The SMILES string of the molecule is CC(C)(C)n1c2c(-c3ccccc3)cccc2c2cccc(-c3ccccc3)c21.CC(C)(C)n1c2ccccc2c2cccc(-c3ccccc3)c21.Cc1cccc2c3cccc(C)c3n(C(C)(C)C)c12.Cc1cccc2c3cccc(C)c3n(C(C)(C)C)c12.[2H]c1c([2H])c([2H])c2c(c1[2H])c1c([2H])c([2H])c(C)c([2H])c1n2C(C)(C)C. The van der Waals surface area contributed by atoms with Crippen molar-refractivity contribution in [2.45, 2.75) is 166 Å². The Morgan fingerprint density at radius 1 is 0.213 bits per heavy atom. The van der Waals surface area contributed by atoms with E-state index >= 15 is 0 Å². The molecule has 0 saturated carbocycles. The molecule has 0 spiro atoms. The second-order valence-corrected chi connectivity index (χ2v) is 34.1. The fraction of sp³-hybridized carbons (Fsp3) is 0.243. The highest BCUT2D eigenvalue weighted by atomic mass is 15.1. The largest absolute Gasteiger partial charge is 0.335 e. The van der Waals surface area contributed by atoms with Crippen LogP contribution < -0.4 is 0 Å². The molecule has 5 aromatic heterocycles. The Balaban J connectivity index is 0.000000120. The van der Waals surface area contributed by atoms with Crippen LogP contribution in [0.4, 0.5) is 0 Å². The number of nitrogens with zero attached hydrogens (tertiary/aromatic N) is 5. The van der Waals surface area contributed by atoms with Gasteiger partial charge >= 0.3 is 0 Å². The lowest BCUT2D eigenvalue weighted by molar-refractivity contribution is 0.422. The third-order valence-electron chi connectivity index (χ3n) is 20.8. The van der Waals surface area contributed by atoms with Crippen LogP contribution >= 0.6 is 0 Å². The number of aryl methyl sites for hydroxylation is 4. The molecule has 0 atom stereocenters. The van der Waals surface area contributed by atoms with E-state index in [0.29, 0.717) is 11.1 Å². The topological polar surface area (TPSA) is 24.6 Å². The molecule has 0 fully saturated rings. The van der Waals surface area contributed by atoms with Gasteiger partial charge < -0.3 is 22.8 Å². The Morgan fingerprint density at radius 3 is 0.852 bits per heavy atom. The molecule has 5 heteroatoms. The average molecular weight is 1420 g/mol. The van der Waals surface area contributed by atoms with E-state index in [-0.39, 0.29) is 80.7 Å². The molecule has 0 radical (unpaired) electrons. The molecule has 108 heavy (non-hydrogen) atoms. The number of hydrogen-bond donors (Lipinski definition) is 0. The van der Waals surface area contributed by atoms with E-state index in [2.05, 4.69) is 372 Å². The minimum Gasteiger partial charge on any atom is -0.335 e. The molecule has 0 amide bonds. The summed E-state index contributed by atoms with van der Waals surface area (Å²) in [6, 6.07) is 86.1. The minimum atomic E-state index is -0.573. The zero-order valence-electron chi connectivity index (χ0n) is 73.8. The predicted octanol–water partition coefficient (Wildman–Crippen LogP) is 29.3. The van der Waals surface area contributed by atoms with Gasteiger partial charge in [0.2, 0.25) is 0 Å². The van der Waals surface area contributed by atoms with Gasteiger partial charge in [-0.25, -0.2) is 0 Å². The molecule has 0 aliphatic rings. The van der Waals surface area contributed by atoms with Crippen LogP contribution in [0, 0.1) is 34.6 Å². The fourth-order valence-electron chi connectivity index (χ4n) is 16.6. The maximum absolute atomic E-state index is 8.49. The van der Waals surface area contributed by atoms with Crippen molar-refractivity contribution in [1.29, 1.82) is 0 Å². The van der Waals surface area contributed by atoms with Crippen molar-refractivity contribution in [1.82, 2.24) is 22.8 Å². The highest BCUT2D eigenvalue weighted by Gasteiger charge is 2.29. The van der Waals surface area contributed by atoms with E-state index in [1.807, 2.05) is 20.8 Å². The monoisotopic (exact) mass is 1420 g/mol. The summed E-state index contributed by atoms with van der Waals surface area (Å²) in [6.07, 6.45) is 0. The first kappa shape index (κ1) is 65.2. The predicted molar refractivity (Wildman–Crippen MR) is 472 cm³/mol. The Morgan fingerprint density at radius 2 is 0.491 bits per heavy atom. The second kappa shape index (κ2) is 28.5. The van der Waals surface area contributed by atoms with Crippen LogP contribution in [0.25, 0.3) is 142 Å². The third-order valence-corrected chi connectivity index (χ3v) is 20.8. The molecule has 544 valence electrons. The second-order valence-electron chi connectivity index (χ2n) is 34.1. The van der Waals surface area contributed by atoms with Gasteiger partial charge in [0.05, 0.1) is 48.2 Å². The van der Waals surface area contributed by atoms with Gasteiger partial charge in [0.25, 0.3) is 0 Å². The number of para-hydroxylation sites is 9. The van der Waals surface area contributed by atoms with Crippen LogP contribution in [-0.2, 0) is 27.7 Å². The van der Waals surface area contributed by atoms with Gasteiger partial charge in [-0.1, -0.05) is 267 Å². The summed E-state index contributed by atoms with van der Waals surface area (Å²) in [5.74, 6) is 0. The quantitative estimate of drug-likeness (QED) is 0.168. The standard InChI is InChI=1S/C28H25N.C22H21N.2C18H21N.C17H19N/c1-28(2,3)29-26-22(20-12-6-4-7-13-20)16-10-18-24(26)25-19-11-17-23(27(25)29)21-14-8-5-9-15-21;1-22(2,3)23-20-15-8-7-12-18(20)19-14-9-13-17(21(19)23)16-10-5-4-6-11-16;2*1-12-8-6-10-14-15-11-7-9-13(2)17(15)19(16(12)14)18(3,4)5;1-12-9-10-14-13-7-5-6-8-15(13)18(16(14)11-12)17(2,3)4/h4-19H,1-3H3;4-15H,1-3H3;2*6-11H,1-5H3;5-11H,1-4H3/i;;;;5D,6D,7D,8D,9D,10D,11D. The molecule has 5 nitrogen and oxygen atoms in total. The molecule has 0 bridgehead atoms. The van der Waals surface area contributed by atoms with Crippen molar-refractivity contribution in [3.63, 3.8) is 0 Å². The molecule has 0 saturated heterocycles. The summed E-state index contributed by atoms with van der Waals surface area (Å²) < 4.78 is 69.3. The zero-order chi connectivity index (χ0) is 82.6. The van der Waals surface area contributed by atoms with Gasteiger partial charge in [-0.2, -0.15) is 0 Å². The van der Waals surface area contributed by atoms with Gasteiger partial charge in [-0.05, 0) is 201 Å². The lowest BCUT2D eigenvalue weighted by Crippen LogP contribution is -2.22. The Hall–Kier alpha value is -11.1. The molecule has 0 N–H and O–H groups in total. The number of rotatable bonds is 3.